The Balaban J connectivity index is 0.00000267. The van der Waals surface area contributed by atoms with Crippen LogP contribution in [-0.4, -0.2) is 14.5 Å². The first-order valence-electron chi connectivity index (χ1n) is 10.7. The minimum absolute atomic E-state index is 0. The quantitative estimate of drug-likeness (QED) is 0.191. The van der Waals surface area contributed by atoms with Crippen molar-refractivity contribution in [3.63, 3.8) is 0 Å². The van der Waals surface area contributed by atoms with E-state index >= 15 is 4.39 Å². The zero-order valence-electron chi connectivity index (χ0n) is 18.3. The Hall–Kier alpha value is -3.96. The Morgan fingerprint density at radius 2 is 1.61 bits per heavy atom. The molecule has 178 valence electrons. The van der Waals surface area contributed by atoms with Gasteiger partial charge < -0.3 is 9.30 Å². The van der Waals surface area contributed by atoms with Crippen molar-refractivity contribution in [3.05, 3.63) is 115 Å². The molecule has 4 nitrogen and oxygen atoms in total. The Bertz CT molecular complexity index is 1720. The van der Waals surface area contributed by atoms with Gasteiger partial charge in [-0.3, -0.25) is 4.39 Å². The van der Waals surface area contributed by atoms with Crippen molar-refractivity contribution >= 4 is 21.8 Å². The number of hydrogen-bond donors (Lipinski definition) is 0. The number of ether oxygens (including phenoxy) is 1. The second kappa shape index (κ2) is 9.59. The molecular formula is C28H14F3N3OPt. The van der Waals surface area contributed by atoms with Crippen molar-refractivity contribution in [3.8, 4) is 28.6 Å². The summed E-state index contributed by atoms with van der Waals surface area (Å²) in [5, 5.41) is 0.886. The number of nitrogens with zero attached hydrogens (tertiary/aromatic N) is 3. The van der Waals surface area contributed by atoms with Crippen LogP contribution in [-0.2, 0) is 21.1 Å². The predicted molar refractivity (Wildman–Crippen MR) is 126 cm³/mol. The molecule has 3 heterocycles. The van der Waals surface area contributed by atoms with Crippen molar-refractivity contribution in [2.45, 2.75) is 0 Å². The van der Waals surface area contributed by atoms with Crippen LogP contribution in [0.4, 0.5) is 13.2 Å². The zero-order valence-corrected chi connectivity index (χ0v) is 20.6. The topological polar surface area (TPSA) is 39.9 Å². The fraction of sp³-hybridized carbons (Fsp3) is 0. The molecule has 0 unspecified atom stereocenters. The van der Waals surface area contributed by atoms with Crippen LogP contribution in [0, 0.1) is 29.6 Å². The first-order valence-corrected chi connectivity index (χ1v) is 10.7. The molecule has 0 bridgehead atoms. The molecule has 6 aromatic rings. The van der Waals surface area contributed by atoms with Crippen LogP contribution in [0.15, 0.2) is 85.2 Å². The van der Waals surface area contributed by atoms with Crippen LogP contribution in [0.3, 0.4) is 0 Å². The number of fused-ring (bicyclic) bond motifs is 3. The van der Waals surface area contributed by atoms with Crippen LogP contribution >= 0.6 is 0 Å². The minimum Gasteiger partial charge on any atom is -0.460 e. The Morgan fingerprint density at radius 1 is 0.750 bits per heavy atom. The third-order valence-electron chi connectivity index (χ3n) is 5.55. The van der Waals surface area contributed by atoms with E-state index < -0.39 is 17.5 Å². The predicted octanol–water partition coefficient (Wildman–Crippen LogP) is 7.05. The van der Waals surface area contributed by atoms with E-state index in [1.807, 2.05) is 0 Å². The van der Waals surface area contributed by atoms with Crippen molar-refractivity contribution in [2.75, 3.05) is 0 Å². The van der Waals surface area contributed by atoms with E-state index in [1.165, 1.54) is 36.5 Å². The standard InChI is InChI=1S/C28H14F3N3O.Pt/c29-18-7-8-25-22(13-18)23-15-24(31)21(16-26(23)34(25)27-14-19(30)9-11-32-27)17-4-3-5-20(12-17)35-28-6-1-2-10-33-28;/h1-11,13-15H;/q-2;+2. The third-order valence-corrected chi connectivity index (χ3v) is 5.55. The van der Waals surface area contributed by atoms with Crippen molar-refractivity contribution in [1.82, 2.24) is 14.5 Å². The molecule has 0 aliphatic rings. The maximum Gasteiger partial charge on any atom is 2.00 e. The molecule has 0 aliphatic carbocycles. The first-order chi connectivity index (χ1) is 17.1. The Kier molecular flexibility index (Phi) is 6.33. The van der Waals surface area contributed by atoms with Gasteiger partial charge in [0.1, 0.15) is 17.5 Å². The van der Waals surface area contributed by atoms with Crippen LogP contribution < -0.4 is 4.74 Å². The van der Waals surface area contributed by atoms with Crippen LogP contribution in [0.1, 0.15) is 0 Å². The van der Waals surface area contributed by atoms with Gasteiger partial charge >= 0.3 is 21.1 Å². The molecule has 0 saturated heterocycles. The molecule has 0 aliphatic heterocycles. The molecule has 3 aromatic heterocycles. The van der Waals surface area contributed by atoms with Gasteiger partial charge in [0.25, 0.3) is 0 Å². The average Bonchev–Trinajstić information content (AvgIpc) is 3.17. The molecule has 0 saturated carbocycles. The molecule has 0 fully saturated rings. The van der Waals surface area contributed by atoms with Gasteiger partial charge in [0.2, 0.25) is 5.88 Å². The van der Waals surface area contributed by atoms with Crippen molar-refractivity contribution < 1.29 is 39.0 Å². The number of halogens is 3. The second-order valence-electron chi connectivity index (χ2n) is 7.78. The van der Waals surface area contributed by atoms with Gasteiger partial charge in [0, 0.05) is 35.8 Å². The van der Waals surface area contributed by atoms with E-state index in [-0.39, 0.29) is 32.4 Å². The Labute approximate surface area is 218 Å². The zero-order chi connectivity index (χ0) is 23.9. The summed E-state index contributed by atoms with van der Waals surface area (Å²) in [5.74, 6) is -0.535. The summed E-state index contributed by atoms with van der Waals surface area (Å²) < 4.78 is 50.9. The molecule has 36 heavy (non-hydrogen) atoms. The summed E-state index contributed by atoms with van der Waals surface area (Å²) >= 11 is 0. The van der Waals surface area contributed by atoms with E-state index in [9.17, 15) is 8.78 Å². The van der Waals surface area contributed by atoms with Gasteiger partial charge in [0.05, 0.1) is 0 Å². The summed E-state index contributed by atoms with van der Waals surface area (Å²) in [5.41, 5.74) is 1.49. The van der Waals surface area contributed by atoms with Crippen LogP contribution in [0.2, 0.25) is 0 Å². The summed E-state index contributed by atoms with van der Waals surface area (Å²) in [4.78, 5) is 8.39. The largest absolute Gasteiger partial charge is 2.00 e. The molecule has 0 amide bonds. The summed E-state index contributed by atoms with van der Waals surface area (Å²) in [6.45, 7) is 0. The summed E-state index contributed by atoms with van der Waals surface area (Å²) in [6, 6.07) is 24.4. The maximum atomic E-state index is 15.4. The van der Waals surface area contributed by atoms with Gasteiger partial charge in [-0.25, -0.2) is 24.3 Å². The van der Waals surface area contributed by atoms with E-state index in [4.69, 9.17) is 4.74 Å². The summed E-state index contributed by atoms with van der Waals surface area (Å²) in [7, 11) is 0. The van der Waals surface area contributed by atoms with Crippen LogP contribution in [0.25, 0.3) is 38.8 Å². The van der Waals surface area contributed by atoms with E-state index in [2.05, 4.69) is 22.1 Å². The molecule has 0 spiro atoms. The minimum atomic E-state index is -0.570. The number of hydrogen-bond acceptors (Lipinski definition) is 3. The smallest absolute Gasteiger partial charge is 0.460 e. The molecule has 0 N–H and O–H groups in total. The monoisotopic (exact) mass is 660 g/mol. The van der Waals surface area contributed by atoms with Gasteiger partial charge in [-0.2, -0.15) is 23.8 Å². The fourth-order valence-electron chi connectivity index (χ4n) is 4.06. The number of aromatic nitrogens is 3. The van der Waals surface area contributed by atoms with Crippen molar-refractivity contribution in [1.29, 1.82) is 0 Å². The van der Waals surface area contributed by atoms with Gasteiger partial charge in [-0.15, -0.1) is 18.2 Å². The van der Waals surface area contributed by atoms with Crippen LogP contribution in [0.5, 0.6) is 11.6 Å². The number of rotatable bonds is 4. The van der Waals surface area contributed by atoms with Gasteiger partial charge in [-0.1, -0.05) is 11.5 Å². The first kappa shape index (κ1) is 23.8. The molecule has 0 radical (unpaired) electrons. The van der Waals surface area contributed by atoms with Gasteiger partial charge in [0.15, 0.2) is 0 Å². The third kappa shape index (κ3) is 4.27. The number of pyridine rings is 2. The molecular weight excluding hydrogens is 646 g/mol. The fourth-order valence-corrected chi connectivity index (χ4v) is 4.06. The van der Waals surface area contributed by atoms with E-state index in [1.54, 1.807) is 53.2 Å². The molecule has 0 atom stereocenters. The van der Waals surface area contributed by atoms with Gasteiger partial charge in [-0.05, 0) is 47.1 Å². The SMILES string of the molecule is Fc1ccnc(-n2c3[c-]c(-c4[c-]c(Oc5ccccn5)ccc4)c(F)cc3c3cc(F)ccc32)c1.[Pt+2]. The van der Waals surface area contributed by atoms with E-state index in [0.717, 1.165) is 0 Å². The Morgan fingerprint density at radius 3 is 2.42 bits per heavy atom. The second-order valence-corrected chi connectivity index (χ2v) is 7.78. The van der Waals surface area contributed by atoms with E-state index in [0.29, 0.717) is 39.0 Å². The normalized spacial score (nSPS) is 11.0. The molecule has 3 aromatic carbocycles. The number of benzene rings is 3. The molecule has 6 rings (SSSR count). The maximum absolute atomic E-state index is 15.4. The average molecular weight is 661 g/mol. The summed E-state index contributed by atoms with van der Waals surface area (Å²) in [6.07, 6.45) is 2.94. The van der Waals surface area contributed by atoms with Crippen molar-refractivity contribution in [2.24, 2.45) is 0 Å². The molecule has 8 heteroatoms.